The quantitative estimate of drug-likeness (QED) is 0.881. The Labute approximate surface area is 109 Å². The van der Waals surface area contributed by atoms with Crippen LogP contribution in [0.4, 0.5) is 0 Å². The number of hydrogen-bond acceptors (Lipinski definition) is 3. The Kier molecular flexibility index (Phi) is 3.29. The lowest BCUT2D eigenvalue weighted by Crippen LogP contribution is -2.03. The van der Waals surface area contributed by atoms with Gasteiger partial charge in [-0.3, -0.25) is 4.98 Å². The van der Waals surface area contributed by atoms with Gasteiger partial charge >= 0.3 is 11.9 Å². The van der Waals surface area contributed by atoms with Crippen LogP contribution in [0.1, 0.15) is 26.3 Å². The maximum absolute atomic E-state index is 11.0. The fourth-order valence-corrected chi connectivity index (χ4v) is 1.75. The van der Waals surface area contributed by atoms with Crippen LogP contribution in [0.25, 0.3) is 11.1 Å². The molecule has 0 amide bonds. The minimum Gasteiger partial charge on any atom is -0.478 e. The zero-order chi connectivity index (χ0) is 14.0. The van der Waals surface area contributed by atoms with Gasteiger partial charge in [0.25, 0.3) is 0 Å². The second kappa shape index (κ2) is 4.89. The normalized spacial score (nSPS) is 10.2. The van der Waals surface area contributed by atoms with Crippen LogP contribution >= 0.6 is 0 Å². The van der Waals surface area contributed by atoms with Crippen LogP contribution in [0, 0.1) is 6.92 Å². The van der Waals surface area contributed by atoms with Gasteiger partial charge in [0.2, 0.25) is 0 Å². The first-order chi connectivity index (χ1) is 8.97. The predicted octanol–water partition coefficient (Wildman–Crippen LogP) is 2.45. The zero-order valence-electron chi connectivity index (χ0n) is 10.1. The first-order valence-electron chi connectivity index (χ1n) is 5.51. The molecule has 0 unspecified atom stereocenters. The Balaban J connectivity index is 2.62. The third-order valence-electron chi connectivity index (χ3n) is 2.64. The summed E-state index contributed by atoms with van der Waals surface area (Å²) >= 11 is 0. The molecule has 1 aromatic heterocycles. The lowest BCUT2D eigenvalue weighted by atomic mass is 10.00. The van der Waals surface area contributed by atoms with E-state index in [1.165, 1.54) is 12.1 Å². The summed E-state index contributed by atoms with van der Waals surface area (Å²) in [5, 5.41) is 18.0. The predicted molar refractivity (Wildman–Crippen MR) is 68.3 cm³/mol. The van der Waals surface area contributed by atoms with E-state index in [2.05, 4.69) is 4.98 Å². The van der Waals surface area contributed by atoms with Crippen molar-refractivity contribution in [1.82, 2.24) is 4.98 Å². The Bertz CT molecular complexity index is 632. The lowest BCUT2D eigenvalue weighted by molar-refractivity contribution is 0.0696. The molecule has 0 atom stereocenters. The number of carboxylic acids is 2. The molecule has 0 radical (unpaired) electrons. The standard InChI is InChI=1S/C14H11NO4/c1-8-2-12(7-15-6-8)9-3-10(13(16)17)5-11(4-9)14(18)19/h2-7H,1H3,(H,16,17)(H,18,19). The number of rotatable bonds is 3. The van der Waals surface area contributed by atoms with Crippen molar-refractivity contribution in [2.75, 3.05) is 0 Å². The summed E-state index contributed by atoms with van der Waals surface area (Å²) in [6.07, 6.45) is 3.24. The van der Waals surface area contributed by atoms with Crippen molar-refractivity contribution < 1.29 is 19.8 Å². The van der Waals surface area contributed by atoms with E-state index in [1.54, 1.807) is 12.4 Å². The molecule has 0 aliphatic heterocycles. The molecule has 0 saturated heterocycles. The molecule has 5 heteroatoms. The highest BCUT2D eigenvalue weighted by molar-refractivity contribution is 5.96. The number of pyridine rings is 1. The van der Waals surface area contributed by atoms with Gasteiger partial charge in [0.1, 0.15) is 0 Å². The topological polar surface area (TPSA) is 87.5 Å². The van der Waals surface area contributed by atoms with E-state index in [4.69, 9.17) is 10.2 Å². The minimum absolute atomic E-state index is 0.0589. The minimum atomic E-state index is -1.16. The second-order valence-corrected chi connectivity index (χ2v) is 4.16. The van der Waals surface area contributed by atoms with Crippen LogP contribution in [-0.2, 0) is 0 Å². The van der Waals surface area contributed by atoms with Gasteiger partial charge in [-0.1, -0.05) is 0 Å². The van der Waals surface area contributed by atoms with Crippen molar-refractivity contribution >= 4 is 11.9 Å². The molecule has 2 N–H and O–H groups in total. The fourth-order valence-electron chi connectivity index (χ4n) is 1.75. The molecule has 0 spiro atoms. The molecule has 1 heterocycles. The number of hydrogen-bond donors (Lipinski definition) is 2. The van der Waals surface area contributed by atoms with Gasteiger partial charge < -0.3 is 10.2 Å². The summed E-state index contributed by atoms with van der Waals surface area (Å²) in [4.78, 5) is 26.1. The van der Waals surface area contributed by atoms with Crippen LogP contribution in [0.2, 0.25) is 0 Å². The van der Waals surface area contributed by atoms with Crippen LogP contribution in [-0.4, -0.2) is 27.1 Å². The van der Waals surface area contributed by atoms with Crippen LogP contribution in [0.15, 0.2) is 36.7 Å². The molecule has 0 aliphatic carbocycles. The number of nitrogens with zero attached hydrogens (tertiary/aromatic N) is 1. The molecule has 96 valence electrons. The molecule has 0 bridgehead atoms. The van der Waals surface area contributed by atoms with Crippen LogP contribution in [0.5, 0.6) is 0 Å². The molecule has 0 saturated carbocycles. The molecule has 1 aromatic carbocycles. The number of aromatic carboxylic acids is 2. The summed E-state index contributed by atoms with van der Waals surface area (Å²) in [6.45, 7) is 1.86. The summed E-state index contributed by atoms with van der Waals surface area (Å²) < 4.78 is 0. The summed E-state index contributed by atoms with van der Waals surface area (Å²) in [5.41, 5.74) is 2.00. The van der Waals surface area contributed by atoms with E-state index in [0.717, 1.165) is 11.6 Å². The lowest BCUT2D eigenvalue weighted by Gasteiger charge is -2.06. The maximum Gasteiger partial charge on any atom is 0.335 e. The number of aryl methyl sites for hydroxylation is 1. The van der Waals surface area contributed by atoms with Crippen molar-refractivity contribution in [3.05, 3.63) is 53.3 Å². The fraction of sp³-hybridized carbons (Fsp3) is 0.0714. The van der Waals surface area contributed by atoms with E-state index >= 15 is 0 Å². The maximum atomic E-state index is 11.0. The smallest absolute Gasteiger partial charge is 0.335 e. The zero-order valence-corrected chi connectivity index (χ0v) is 10.1. The molecule has 2 aromatic rings. The van der Waals surface area contributed by atoms with Crippen molar-refractivity contribution in [1.29, 1.82) is 0 Å². The highest BCUT2D eigenvalue weighted by atomic mass is 16.4. The molecule has 5 nitrogen and oxygen atoms in total. The van der Waals surface area contributed by atoms with E-state index in [0.29, 0.717) is 11.1 Å². The van der Waals surface area contributed by atoms with E-state index in [1.807, 2.05) is 13.0 Å². The van der Waals surface area contributed by atoms with Gasteiger partial charge in [-0.05, 0) is 42.3 Å². The molecule has 2 rings (SSSR count). The van der Waals surface area contributed by atoms with Gasteiger partial charge in [0.05, 0.1) is 11.1 Å². The number of benzene rings is 1. The summed E-state index contributed by atoms with van der Waals surface area (Å²) in [6, 6.07) is 5.83. The van der Waals surface area contributed by atoms with E-state index in [9.17, 15) is 9.59 Å². The van der Waals surface area contributed by atoms with Crippen molar-refractivity contribution in [2.45, 2.75) is 6.92 Å². The Morgan fingerprint density at radius 3 is 1.95 bits per heavy atom. The third kappa shape index (κ3) is 2.77. The van der Waals surface area contributed by atoms with Crippen molar-refractivity contribution in [3.63, 3.8) is 0 Å². The Morgan fingerprint density at radius 1 is 0.895 bits per heavy atom. The Hall–Kier alpha value is -2.69. The first-order valence-corrected chi connectivity index (χ1v) is 5.51. The highest BCUT2D eigenvalue weighted by Crippen LogP contribution is 2.23. The molecular formula is C14H11NO4. The number of aromatic nitrogens is 1. The molecule has 19 heavy (non-hydrogen) atoms. The van der Waals surface area contributed by atoms with Crippen molar-refractivity contribution in [2.24, 2.45) is 0 Å². The molecule has 0 aliphatic rings. The van der Waals surface area contributed by atoms with Gasteiger partial charge in [0, 0.05) is 18.0 Å². The monoisotopic (exact) mass is 257 g/mol. The first kappa shape index (κ1) is 12.8. The largest absolute Gasteiger partial charge is 0.478 e. The summed E-state index contributed by atoms with van der Waals surface area (Å²) in [7, 11) is 0. The second-order valence-electron chi connectivity index (χ2n) is 4.16. The van der Waals surface area contributed by atoms with Gasteiger partial charge in [0.15, 0.2) is 0 Å². The average Bonchev–Trinajstić information content (AvgIpc) is 2.38. The third-order valence-corrected chi connectivity index (χ3v) is 2.64. The van der Waals surface area contributed by atoms with Crippen molar-refractivity contribution in [3.8, 4) is 11.1 Å². The van der Waals surface area contributed by atoms with Gasteiger partial charge in [-0.25, -0.2) is 9.59 Å². The molecular weight excluding hydrogens is 246 g/mol. The van der Waals surface area contributed by atoms with E-state index in [-0.39, 0.29) is 11.1 Å². The van der Waals surface area contributed by atoms with E-state index < -0.39 is 11.9 Å². The van der Waals surface area contributed by atoms with Crippen LogP contribution in [0.3, 0.4) is 0 Å². The number of carboxylic acid groups (broad SMARTS) is 2. The Morgan fingerprint density at radius 2 is 1.47 bits per heavy atom. The SMILES string of the molecule is Cc1cncc(-c2cc(C(=O)O)cc(C(=O)O)c2)c1. The number of carbonyl (C=O) groups is 2. The average molecular weight is 257 g/mol. The van der Waals surface area contributed by atoms with Crippen LogP contribution < -0.4 is 0 Å². The summed E-state index contributed by atoms with van der Waals surface area (Å²) in [5.74, 6) is -2.32. The van der Waals surface area contributed by atoms with Gasteiger partial charge in [-0.2, -0.15) is 0 Å². The van der Waals surface area contributed by atoms with Gasteiger partial charge in [-0.15, -0.1) is 0 Å². The highest BCUT2D eigenvalue weighted by Gasteiger charge is 2.12. The molecule has 0 fully saturated rings.